The molecule has 1 unspecified atom stereocenters. The highest BCUT2D eigenvalue weighted by molar-refractivity contribution is 7.38. The van der Waals surface area contributed by atoms with Gasteiger partial charge in [0.1, 0.15) is 6.23 Å². The molecule has 1 rings (SSSR count). The molecule has 0 spiro atoms. The van der Waals surface area contributed by atoms with Crippen molar-refractivity contribution in [2.75, 3.05) is 6.23 Å². The molecule has 0 radical (unpaired) electrons. The van der Waals surface area contributed by atoms with Crippen molar-refractivity contribution in [2.45, 2.75) is 64.6 Å². The lowest BCUT2D eigenvalue weighted by molar-refractivity contribution is -0.137. The molecule has 1 heterocycles. The van der Waals surface area contributed by atoms with Gasteiger partial charge in [-0.1, -0.05) is 0 Å². The molecule has 1 aliphatic heterocycles. The van der Waals surface area contributed by atoms with Crippen LogP contribution in [0.1, 0.15) is 20.3 Å². The van der Waals surface area contributed by atoms with E-state index in [1.807, 2.05) is 0 Å². The third-order valence-corrected chi connectivity index (χ3v) is 22.0. The van der Waals surface area contributed by atoms with E-state index in [2.05, 4.69) is 46.6 Å². The first-order valence-corrected chi connectivity index (χ1v) is 17.8. The van der Waals surface area contributed by atoms with Crippen LogP contribution in [0.5, 0.6) is 0 Å². The number of carbonyl (C=O) groups excluding carboxylic acids is 1. The molecule has 1 fully saturated rings. The van der Waals surface area contributed by atoms with Crippen LogP contribution in [-0.4, -0.2) is 52.9 Å². The number of aliphatic carboxylic acids is 1. The van der Waals surface area contributed by atoms with E-state index >= 15 is 0 Å². The maximum absolute atomic E-state index is 11.8. The summed E-state index contributed by atoms with van der Waals surface area (Å²) in [5.74, 6) is -1.81. The average Bonchev–Trinajstić information content (AvgIpc) is 2.35. The summed E-state index contributed by atoms with van der Waals surface area (Å²) in [6, 6.07) is 0.902. The number of esters is 1. The Balaban J connectivity index is 3.00. The molecule has 0 amide bonds. The van der Waals surface area contributed by atoms with Gasteiger partial charge in [-0.2, -0.15) is 0 Å². The van der Waals surface area contributed by atoms with Gasteiger partial charge in [-0.15, -0.1) is 0 Å². The van der Waals surface area contributed by atoms with E-state index in [0.717, 1.165) is 24.6 Å². The Labute approximate surface area is 147 Å². The number of carbonyl (C=O) groups is 2. The number of ether oxygens (including phenoxy) is 1. The van der Waals surface area contributed by atoms with Gasteiger partial charge in [0.2, 0.25) is 15.7 Å². The van der Waals surface area contributed by atoms with Crippen LogP contribution < -0.4 is 0 Å². The van der Waals surface area contributed by atoms with E-state index in [0.29, 0.717) is 0 Å². The standard InChI is InChI=1S/C15H30O6Si3/c1-15(2)10-11-24(21-22(3,4)5,23(6,7)20-15)12-19-14(18)9-8-13(16)17/h8-9H,10-12H2,1-7H3,(H,16,17). The van der Waals surface area contributed by atoms with E-state index < -0.39 is 35.9 Å². The van der Waals surface area contributed by atoms with Crippen LogP contribution >= 0.6 is 0 Å². The zero-order valence-corrected chi connectivity index (χ0v) is 18.8. The van der Waals surface area contributed by atoms with Crippen LogP contribution in [0.3, 0.4) is 0 Å². The fraction of sp³-hybridized carbons (Fsp3) is 0.733. The van der Waals surface area contributed by atoms with Crippen LogP contribution in [-0.2, 0) is 22.9 Å². The SMILES string of the molecule is CC1(C)CC[Si](COC(=O)C=CC(=O)O)(O[Si](C)(C)C)[Si](C)(C)O1. The summed E-state index contributed by atoms with van der Waals surface area (Å²) in [6.07, 6.45) is 2.85. The van der Waals surface area contributed by atoms with Crippen LogP contribution in [0.15, 0.2) is 12.2 Å². The van der Waals surface area contributed by atoms with Gasteiger partial charge < -0.3 is 18.4 Å². The first kappa shape index (κ1) is 21.3. The largest absolute Gasteiger partial charge is 0.478 e. The lowest BCUT2D eigenvalue weighted by Gasteiger charge is -2.53. The van der Waals surface area contributed by atoms with Gasteiger partial charge in [0.15, 0.2) is 8.32 Å². The normalized spacial score (nSPS) is 26.3. The molecule has 0 aromatic heterocycles. The number of carboxylic acids is 1. The highest BCUT2D eigenvalue weighted by Gasteiger charge is 2.60. The summed E-state index contributed by atoms with van der Waals surface area (Å²) in [6.45, 7) is 14.9. The molecule has 0 aromatic rings. The summed E-state index contributed by atoms with van der Waals surface area (Å²) in [5, 5.41) is 8.61. The van der Waals surface area contributed by atoms with Gasteiger partial charge >= 0.3 is 11.9 Å². The first-order valence-electron chi connectivity index (χ1n) is 8.16. The van der Waals surface area contributed by atoms with Crippen LogP contribution in [0.25, 0.3) is 0 Å². The second kappa shape index (κ2) is 7.24. The molecule has 1 saturated heterocycles. The Hall–Kier alpha value is -0.749. The highest BCUT2D eigenvalue weighted by Crippen LogP contribution is 2.40. The monoisotopic (exact) mass is 390 g/mol. The molecule has 0 aliphatic carbocycles. The summed E-state index contributed by atoms with van der Waals surface area (Å²) >= 11 is 0. The Morgan fingerprint density at radius 2 is 1.83 bits per heavy atom. The quantitative estimate of drug-likeness (QED) is 0.426. The maximum atomic E-state index is 11.8. The highest BCUT2D eigenvalue weighted by atomic mass is 29.3. The minimum atomic E-state index is -2.40. The summed E-state index contributed by atoms with van der Waals surface area (Å²) in [7, 11) is -6.44. The van der Waals surface area contributed by atoms with Gasteiger partial charge in [0.25, 0.3) is 0 Å². The topological polar surface area (TPSA) is 82.1 Å². The minimum absolute atomic E-state index is 0.178. The molecule has 138 valence electrons. The van der Waals surface area contributed by atoms with Gasteiger partial charge in [0.05, 0.1) is 5.60 Å². The van der Waals surface area contributed by atoms with Gasteiger partial charge in [-0.3, -0.25) is 0 Å². The third kappa shape index (κ3) is 5.96. The molecular weight excluding hydrogens is 360 g/mol. The molecule has 1 atom stereocenters. The molecule has 1 aliphatic rings. The van der Waals surface area contributed by atoms with Crippen molar-refractivity contribution in [1.82, 2.24) is 0 Å². The molecule has 0 aromatic carbocycles. The number of hydrogen-bond donors (Lipinski definition) is 1. The van der Waals surface area contributed by atoms with E-state index in [1.165, 1.54) is 0 Å². The molecule has 24 heavy (non-hydrogen) atoms. The minimum Gasteiger partial charge on any atom is -0.478 e. The van der Waals surface area contributed by atoms with Gasteiger partial charge in [-0.05, 0) is 59.0 Å². The zero-order chi connectivity index (χ0) is 18.8. The second-order valence-electron chi connectivity index (χ2n) is 8.36. The Kier molecular flexibility index (Phi) is 6.42. The van der Waals surface area contributed by atoms with E-state index in [4.69, 9.17) is 18.4 Å². The van der Waals surface area contributed by atoms with Crippen molar-refractivity contribution < 1.29 is 28.0 Å². The fourth-order valence-electron chi connectivity index (χ4n) is 3.05. The molecule has 9 heteroatoms. The van der Waals surface area contributed by atoms with Crippen molar-refractivity contribution in [3.63, 3.8) is 0 Å². The van der Waals surface area contributed by atoms with Crippen molar-refractivity contribution >= 4 is 35.9 Å². The predicted octanol–water partition coefficient (Wildman–Crippen LogP) is 2.99. The van der Waals surface area contributed by atoms with Crippen molar-refractivity contribution in [3.8, 4) is 0 Å². The zero-order valence-electron chi connectivity index (χ0n) is 15.8. The Bertz CT molecular complexity index is 524. The van der Waals surface area contributed by atoms with Crippen LogP contribution in [0.4, 0.5) is 0 Å². The van der Waals surface area contributed by atoms with Crippen molar-refractivity contribution in [3.05, 3.63) is 12.2 Å². The smallest absolute Gasteiger partial charge is 0.330 e. The molecule has 1 N–H and O–H groups in total. The predicted molar refractivity (Wildman–Crippen MR) is 100.0 cm³/mol. The maximum Gasteiger partial charge on any atom is 0.330 e. The fourth-order valence-corrected chi connectivity index (χ4v) is 23.3. The first-order chi connectivity index (χ1) is 10.7. The molecule has 0 bridgehead atoms. The summed E-state index contributed by atoms with van der Waals surface area (Å²) in [4.78, 5) is 22.3. The number of carboxylic acid groups (broad SMARTS) is 1. The van der Waals surface area contributed by atoms with E-state index in [9.17, 15) is 9.59 Å². The second-order valence-corrected chi connectivity index (χ2v) is 25.7. The Morgan fingerprint density at radius 1 is 1.25 bits per heavy atom. The Morgan fingerprint density at radius 3 is 2.29 bits per heavy atom. The number of rotatable bonds is 6. The number of hydrogen-bond acceptors (Lipinski definition) is 5. The van der Waals surface area contributed by atoms with Gasteiger partial charge in [-0.25, -0.2) is 9.59 Å². The van der Waals surface area contributed by atoms with E-state index in [1.54, 1.807) is 0 Å². The third-order valence-electron chi connectivity index (χ3n) is 4.07. The van der Waals surface area contributed by atoms with Crippen LogP contribution in [0, 0.1) is 0 Å². The molecule has 0 saturated carbocycles. The lowest BCUT2D eigenvalue weighted by Crippen LogP contribution is -2.73. The van der Waals surface area contributed by atoms with Crippen molar-refractivity contribution in [1.29, 1.82) is 0 Å². The summed E-state index contributed by atoms with van der Waals surface area (Å²) in [5.41, 5.74) is -0.178. The molecular formula is C15H30O6Si3. The van der Waals surface area contributed by atoms with Crippen molar-refractivity contribution in [2.24, 2.45) is 0 Å². The summed E-state index contributed by atoms with van der Waals surface area (Å²) < 4.78 is 18.5. The van der Waals surface area contributed by atoms with Gasteiger partial charge in [0, 0.05) is 12.2 Å². The lowest BCUT2D eigenvalue weighted by atomic mass is 10.1. The molecule has 6 nitrogen and oxygen atoms in total. The van der Waals surface area contributed by atoms with Crippen LogP contribution in [0.2, 0.25) is 38.8 Å². The van der Waals surface area contributed by atoms with E-state index in [-0.39, 0.29) is 11.8 Å². The average molecular weight is 391 g/mol.